The molecule has 0 radical (unpaired) electrons. The van der Waals surface area contributed by atoms with Crippen molar-refractivity contribution >= 4 is 17.5 Å². The van der Waals surface area contributed by atoms with Crippen LogP contribution in [0.2, 0.25) is 0 Å². The molecule has 2 aliphatic heterocycles. The number of carbonyl (C=O) groups is 2. The number of anilines is 1. The largest absolute Gasteiger partial charge is 0.368 e. The van der Waals surface area contributed by atoms with E-state index in [2.05, 4.69) is 52.8 Å². The van der Waals surface area contributed by atoms with Crippen LogP contribution in [-0.4, -0.2) is 60.4 Å². The zero-order chi connectivity index (χ0) is 21.1. The van der Waals surface area contributed by atoms with Gasteiger partial charge in [-0.15, -0.1) is 0 Å². The Balaban J connectivity index is 1.48. The first-order valence-corrected chi connectivity index (χ1v) is 11.9. The third kappa shape index (κ3) is 4.08. The first-order chi connectivity index (χ1) is 14.5. The zero-order valence-corrected chi connectivity index (χ0v) is 18.7. The van der Waals surface area contributed by atoms with Gasteiger partial charge < -0.3 is 14.7 Å². The highest BCUT2D eigenvalue weighted by Crippen LogP contribution is 2.48. The molecule has 2 saturated heterocycles. The Morgan fingerprint density at radius 1 is 1.07 bits per heavy atom. The van der Waals surface area contributed by atoms with Crippen LogP contribution in [0.25, 0.3) is 0 Å². The van der Waals surface area contributed by atoms with Gasteiger partial charge in [0.1, 0.15) is 0 Å². The highest BCUT2D eigenvalue weighted by molar-refractivity contribution is 5.88. The number of hydrogen-bond donors (Lipinski definition) is 0. The molecule has 5 heteroatoms. The van der Waals surface area contributed by atoms with Crippen LogP contribution in [0, 0.1) is 11.3 Å². The van der Waals surface area contributed by atoms with Gasteiger partial charge in [0, 0.05) is 50.9 Å². The second-order valence-electron chi connectivity index (χ2n) is 9.80. The van der Waals surface area contributed by atoms with Crippen LogP contribution < -0.4 is 4.90 Å². The van der Waals surface area contributed by atoms with Gasteiger partial charge in [0.05, 0.1) is 5.41 Å². The van der Waals surface area contributed by atoms with E-state index in [0.717, 1.165) is 71.2 Å². The van der Waals surface area contributed by atoms with Crippen molar-refractivity contribution < 1.29 is 9.59 Å². The van der Waals surface area contributed by atoms with Crippen molar-refractivity contribution in [2.75, 3.05) is 37.6 Å². The van der Waals surface area contributed by atoms with Gasteiger partial charge in [-0.1, -0.05) is 44.9 Å². The van der Waals surface area contributed by atoms with Gasteiger partial charge in [0.2, 0.25) is 11.8 Å². The summed E-state index contributed by atoms with van der Waals surface area (Å²) in [5.74, 6) is 1.15. The van der Waals surface area contributed by atoms with Crippen molar-refractivity contribution in [3.63, 3.8) is 0 Å². The quantitative estimate of drug-likeness (QED) is 0.737. The minimum Gasteiger partial charge on any atom is -0.368 e. The SMILES string of the molecule is CC(C)CCN1C(=O)CC[C@]2(C(=O)N3CCN(c4ccccc4)CC3)CCCC[C@@H]12. The maximum Gasteiger partial charge on any atom is 0.231 e. The third-order valence-corrected chi connectivity index (χ3v) is 7.53. The molecule has 3 fully saturated rings. The molecular formula is C25H37N3O2. The van der Waals surface area contributed by atoms with Crippen LogP contribution in [0.1, 0.15) is 58.8 Å². The number of rotatable bonds is 5. The average molecular weight is 412 g/mol. The number of hydrogen-bond acceptors (Lipinski definition) is 3. The van der Waals surface area contributed by atoms with Gasteiger partial charge in [0.15, 0.2) is 0 Å². The lowest BCUT2D eigenvalue weighted by molar-refractivity contribution is -0.162. The van der Waals surface area contributed by atoms with E-state index in [4.69, 9.17) is 0 Å². The monoisotopic (exact) mass is 411 g/mol. The Morgan fingerprint density at radius 2 is 1.80 bits per heavy atom. The Morgan fingerprint density at radius 3 is 2.50 bits per heavy atom. The molecular weight excluding hydrogens is 374 g/mol. The smallest absolute Gasteiger partial charge is 0.231 e. The summed E-state index contributed by atoms with van der Waals surface area (Å²) in [6, 6.07) is 10.6. The Kier molecular flexibility index (Phi) is 6.35. The molecule has 0 bridgehead atoms. The Labute approximate surface area is 181 Å². The summed E-state index contributed by atoms with van der Waals surface area (Å²) in [6.45, 7) is 8.54. The minimum atomic E-state index is -0.349. The fourth-order valence-corrected chi connectivity index (χ4v) is 5.77. The summed E-state index contributed by atoms with van der Waals surface area (Å²) in [6.07, 6.45) is 6.46. The fraction of sp³-hybridized carbons (Fsp3) is 0.680. The Bertz CT molecular complexity index is 742. The first-order valence-electron chi connectivity index (χ1n) is 11.9. The van der Waals surface area contributed by atoms with Gasteiger partial charge in [-0.2, -0.15) is 0 Å². The van der Waals surface area contributed by atoms with Crippen molar-refractivity contribution in [3.05, 3.63) is 30.3 Å². The molecule has 1 aromatic rings. The van der Waals surface area contributed by atoms with Crippen LogP contribution in [0.3, 0.4) is 0 Å². The number of piperazine rings is 1. The lowest BCUT2D eigenvalue weighted by Crippen LogP contribution is -2.64. The molecule has 164 valence electrons. The van der Waals surface area contributed by atoms with Gasteiger partial charge in [-0.25, -0.2) is 0 Å². The molecule has 2 heterocycles. The predicted octanol–water partition coefficient (Wildman–Crippen LogP) is 3.93. The summed E-state index contributed by atoms with van der Waals surface area (Å²) < 4.78 is 0. The summed E-state index contributed by atoms with van der Waals surface area (Å²) in [4.78, 5) is 33.3. The predicted molar refractivity (Wildman–Crippen MR) is 120 cm³/mol. The summed E-state index contributed by atoms with van der Waals surface area (Å²) in [7, 11) is 0. The minimum absolute atomic E-state index is 0.103. The van der Waals surface area contributed by atoms with Crippen molar-refractivity contribution in [3.8, 4) is 0 Å². The molecule has 0 spiro atoms. The van der Waals surface area contributed by atoms with Crippen LogP contribution in [0.15, 0.2) is 30.3 Å². The van der Waals surface area contributed by atoms with E-state index in [0.29, 0.717) is 18.2 Å². The Hall–Kier alpha value is -2.04. The molecule has 0 aromatic heterocycles. The molecule has 2 amide bonds. The lowest BCUT2D eigenvalue weighted by Gasteiger charge is -2.53. The van der Waals surface area contributed by atoms with E-state index in [1.807, 2.05) is 6.07 Å². The van der Waals surface area contributed by atoms with E-state index in [1.54, 1.807) is 0 Å². The molecule has 1 aromatic carbocycles. The molecule has 4 rings (SSSR count). The van der Waals surface area contributed by atoms with Gasteiger partial charge in [-0.05, 0) is 43.7 Å². The zero-order valence-electron chi connectivity index (χ0n) is 18.7. The van der Waals surface area contributed by atoms with Gasteiger partial charge in [0.25, 0.3) is 0 Å². The van der Waals surface area contributed by atoms with E-state index < -0.39 is 0 Å². The van der Waals surface area contributed by atoms with E-state index in [9.17, 15) is 9.59 Å². The van der Waals surface area contributed by atoms with Crippen molar-refractivity contribution in [2.45, 2.75) is 64.8 Å². The number of likely N-dealkylation sites (tertiary alicyclic amines) is 1. The second-order valence-corrected chi connectivity index (χ2v) is 9.80. The highest BCUT2D eigenvalue weighted by Gasteiger charge is 2.54. The topological polar surface area (TPSA) is 43.9 Å². The maximum absolute atomic E-state index is 13.9. The molecule has 0 unspecified atom stereocenters. The van der Waals surface area contributed by atoms with Gasteiger partial charge >= 0.3 is 0 Å². The highest BCUT2D eigenvalue weighted by atomic mass is 16.2. The van der Waals surface area contributed by atoms with E-state index >= 15 is 0 Å². The number of amides is 2. The lowest BCUT2D eigenvalue weighted by atomic mass is 9.64. The molecule has 5 nitrogen and oxygen atoms in total. The van der Waals surface area contributed by atoms with E-state index in [1.165, 1.54) is 5.69 Å². The number of fused-ring (bicyclic) bond motifs is 1. The summed E-state index contributed by atoms with van der Waals surface area (Å²) in [5, 5.41) is 0. The van der Waals surface area contributed by atoms with Crippen LogP contribution >= 0.6 is 0 Å². The fourth-order valence-electron chi connectivity index (χ4n) is 5.77. The van der Waals surface area contributed by atoms with Crippen LogP contribution in [0.4, 0.5) is 5.69 Å². The average Bonchev–Trinajstić information content (AvgIpc) is 2.78. The summed E-state index contributed by atoms with van der Waals surface area (Å²) >= 11 is 0. The van der Waals surface area contributed by atoms with E-state index in [-0.39, 0.29) is 17.4 Å². The van der Waals surface area contributed by atoms with Crippen molar-refractivity contribution in [1.82, 2.24) is 9.80 Å². The number of piperidine rings is 1. The molecule has 1 saturated carbocycles. The standard InChI is InChI=1S/C25H37N3O2/c1-20(2)12-15-28-22-10-6-7-13-25(22,14-11-23(28)29)24(30)27-18-16-26(17-19-27)21-8-4-3-5-9-21/h3-5,8-9,20,22H,6-7,10-19H2,1-2H3/t22-,25-/m1/s1. The molecule has 3 aliphatic rings. The number of benzene rings is 1. The van der Waals surface area contributed by atoms with Gasteiger partial charge in [-0.3, -0.25) is 9.59 Å². The number of nitrogens with zero attached hydrogens (tertiary/aromatic N) is 3. The molecule has 0 N–H and O–H groups in total. The summed E-state index contributed by atoms with van der Waals surface area (Å²) in [5.41, 5.74) is 0.888. The van der Waals surface area contributed by atoms with Crippen LogP contribution in [-0.2, 0) is 9.59 Å². The van der Waals surface area contributed by atoms with Crippen molar-refractivity contribution in [2.24, 2.45) is 11.3 Å². The third-order valence-electron chi connectivity index (χ3n) is 7.53. The normalized spacial score (nSPS) is 27.4. The maximum atomic E-state index is 13.9. The second kappa shape index (κ2) is 8.99. The number of carbonyl (C=O) groups excluding carboxylic acids is 2. The van der Waals surface area contributed by atoms with Crippen LogP contribution in [0.5, 0.6) is 0 Å². The first kappa shape index (κ1) is 21.2. The molecule has 1 aliphatic carbocycles. The van der Waals surface area contributed by atoms with Crippen molar-refractivity contribution in [1.29, 1.82) is 0 Å². The number of para-hydroxylation sites is 1. The molecule has 2 atom stereocenters. The molecule has 30 heavy (non-hydrogen) atoms.